The summed E-state index contributed by atoms with van der Waals surface area (Å²) >= 11 is 0. The number of aliphatic hydroxyl groups is 2. The molecule has 0 spiro atoms. The van der Waals surface area contributed by atoms with E-state index in [4.69, 9.17) is 0 Å². The van der Waals surface area contributed by atoms with Crippen molar-refractivity contribution in [1.29, 1.82) is 0 Å². The summed E-state index contributed by atoms with van der Waals surface area (Å²) < 4.78 is 0. The maximum absolute atomic E-state index is 12.4. The number of allylic oxidation sites excluding steroid dienone is 13. The highest BCUT2D eigenvalue weighted by atomic mass is 16.3. The normalized spacial score (nSPS) is 13.6. The van der Waals surface area contributed by atoms with E-state index in [1.54, 1.807) is 6.08 Å². The van der Waals surface area contributed by atoms with Crippen LogP contribution < -0.4 is 5.32 Å². The summed E-state index contributed by atoms with van der Waals surface area (Å²) in [5, 5.41) is 23.1. The van der Waals surface area contributed by atoms with Gasteiger partial charge in [-0.3, -0.25) is 4.79 Å². The summed E-state index contributed by atoms with van der Waals surface area (Å²) in [6.07, 6.45) is 74.5. The molecule has 0 bridgehead atoms. The molecule has 3 N–H and O–H groups in total. The number of unbranched alkanes of at least 4 members (excludes halogenated alkanes) is 27. The van der Waals surface area contributed by atoms with Gasteiger partial charge in [0.15, 0.2) is 0 Å². The van der Waals surface area contributed by atoms with E-state index in [1.165, 1.54) is 148 Å². The van der Waals surface area contributed by atoms with Crippen LogP contribution in [0.3, 0.4) is 0 Å². The standard InChI is InChI=1S/C56H99NO3/c1-3-5-7-9-11-13-15-17-19-21-23-24-25-26-27-28-29-30-31-32-34-35-37-39-41-43-45-47-49-51-55(59)54(53-58)57-56(60)52-50-48-46-44-42-40-38-36-33-22-20-18-16-14-12-10-8-6-4-2/h6,8,12,14,18,20,33,36,40-43,49,51,54-55,58-59H,3-5,7,9-11,13,15-17,19,21-32,34-35,37-39,44-48,50,52-53H2,1-2H3,(H,57,60)/b8-6-,14-12-,20-18-,36-33-,42-40-,43-41+,51-49+. The fourth-order valence-electron chi connectivity index (χ4n) is 7.46. The van der Waals surface area contributed by atoms with Gasteiger partial charge < -0.3 is 15.5 Å². The molecule has 2 atom stereocenters. The number of carbonyl (C=O) groups excluding carboxylic acids is 1. The van der Waals surface area contributed by atoms with Crippen LogP contribution in [0.4, 0.5) is 0 Å². The minimum Gasteiger partial charge on any atom is -0.394 e. The van der Waals surface area contributed by atoms with E-state index in [-0.39, 0.29) is 12.5 Å². The van der Waals surface area contributed by atoms with Crippen LogP contribution in [0, 0.1) is 0 Å². The highest BCUT2D eigenvalue weighted by Gasteiger charge is 2.17. The van der Waals surface area contributed by atoms with Crippen molar-refractivity contribution in [3.8, 4) is 0 Å². The zero-order chi connectivity index (χ0) is 43.5. The van der Waals surface area contributed by atoms with Crippen molar-refractivity contribution in [3.05, 3.63) is 85.1 Å². The molecule has 0 aliphatic rings. The predicted molar refractivity (Wildman–Crippen MR) is 267 cm³/mol. The fourth-order valence-corrected chi connectivity index (χ4v) is 7.46. The monoisotopic (exact) mass is 834 g/mol. The lowest BCUT2D eigenvalue weighted by molar-refractivity contribution is -0.123. The smallest absolute Gasteiger partial charge is 0.220 e. The van der Waals surface area contributed by atoms with Gasteiger partial charge in [0, 0.05) is 6.42 Å². The molecule has 2 unspecified atom stereocenters. The van der Waals surface area contributed by atoms with Crippen molar-refractivity contribution in [2.45, 2.75) is 257 Å². The van der Waals surface area contributed by atoms with Gasteiger partial charge in [-0.05, 0) is 77.0 Å². The van der Waals surface area contributed by atoms with Crippen LogP contribution in [0.15, 0.2) is 85.1 Å². The second-order valence-electron chi connectivity index (χ2n) is 17.2. The summed E-state index contributed by atoms with van der Waals surface area (Å²) in [6.45, 7) is 4.18. The Morgan fingerprint density at radius 2 is 0.750 bits per heavy atom. The molecule has 0 aromatic heterocycles. The van der Waals surface area contributed by atoms with Crippen molar-refractivity contribution >= 4 is 5.91 Å². The fraction of sp³-hybridized carbons (Fsp3) is 0.732. The Morgan fingerprint density at radius 1 is 0.417 bits per heavy atom. The molecule has 0 heterocycles. The first-order valence-corrected chi connectivity index (χ1v) is 25.8. The van der Waals surface area contributed by atoms with E-state index >= 15 is 0 Å². The molecule has 0 rings (SSSR count). The molecular weight excluding hydrogens is 735 g/mol. The second-order valence-corrected chi connectivity index (χ2v) is 17.2. The minimum atomic E-state index is -0.882. The topological polar surface area (TPSA) is 69.6 Å². The van der Waals surface area contributed by atoms with Crippen LogP contribution in [0.1, 0.15) is 245 Å². The molecule has 1 amide bonds. The predicted octanol–water partition coefficient (Wildman–Crippen LogP) is 16.8. The van der Waals surface area contributed by atoms with Gasteiger partial charge in [0.05, 0.1) is 18.8 Å². The van der Waals surface area contributed by atoms with Gasteiger partial charge in [-0.25, -0.2) is 0 Å². The molecule has 60 heavy (non-hydrogen) atoms. The Bertz CT molecular complexity index is 1080. The third-order valence-corrected chi connectivity index (χ3v) is 11.4. The quantitative estimate of drug-likeness (QED) is 0.0423. The number of amides is 1. The zero-order valence-electron chi connectivity index (χ0n) is 39.7. The Balaban J connectivity index is 3.61. The van der Waals surface area contributed by atoms with Crippen molar-refractivity contribution in [2.24, 2.45) is 0 Å². The number of hydrogen-bond acceptors (Lipinski definition) is 3. The number of aliphatic hydroxyl groups excluding tert-OH is 2. The Kier molecular flexibility index (Phi) is 48.9. The molecule has 0 aromatic rings. The molecule has 4 nitrogen and oxygen atoms in total. The number of nitrogens with one attached hydrogen (secondary N) is 1. The molecule has 0 aliphatic carbocycles. The van der Waals surface area contributed by atoms with E-state index in [2.05, 4.69) is 92.1 Å². The van der Waals surface area contributed by atoms with Crippen LogP contribution in [0.2, 0.25) is 0 Å². The molecule has 0 saturated heterocycles. The van der Waals surface area contributed by atoms with Crippen molar-refractivity contribution in [1.82, 2.24) is 5.32 Å². The Hall–Kier alpha value is -2.43. The van der Waals surface area contributed by atoms with Crippen LogP contribution >= 0.6 is 0 Å². The van der Waals surface area contributed by atoms with Crippen molar-refractivity contribution < 1.29 is 15.0 Å². The first-order chi connectivity index (χ1) is 29.7. The third kappa shape index (κ3) is 46.6. The van der Waals surface area contributed by atoms with Crippen LogP contribution in [-0.4, -0.2) is 34.9 Å². The van der Waals surface area contributed by atoms with Gasteiger partial charge in [-0.1, -0.05) is 247 Å². The van der Waals surface area contributed by atoms with Gasteiger partial charge in [-0.15, -0.1) is 0 Å². The van der Waals surface area contributed by atoms with E-state index in [1.807, 2.05) is 6.08 Å². The Morgan fingerprint density at radius 3 is 1.17 bits per heavy atom. The first kappa shape index (κ1) is 57.6. The van der Waals surface area contributed by atoms with Gasteiger partial charge in [0.25, 0.3) is 0 Å². The zero-order valence-corrected chi connectivity index (χ0v) is 39.7. The molecular formula is C56H99NO3. The molecule has 0 saturated carbocycles. The second kappa shape index (κ2) is 50.9. The average Bonchev–Trinajstić information content (AvgIpc) is 3.25. The number of carbonyl (C=O) groups is 1. The SMILES string of the molecule is CC/C=C\C/C=C\C/C=C\C/C=C\C/C=C\CCCCCC(=O)NC(CO)C(O)/C=C/CC/C=C/CCCCCCCCCCCCCCCCCCCCCCCCC. The van der Waals surface area contributed by atoms with Crippen molar-refractivity contribution in [3.63, 3.8) is 0 Å². The van der Waals surface area contributed by atoms with E-state index in [9.17, 15) is 15.0 Å². The lowest BCUT2D eigenvalue weighted by Crippen LogP contribution is -2.45. The first-order valence-electron chi connectivity index (χ1n) is 25.8. The van der Waals surface area contributed by atoms with Gasteiger partial charge in [0.2, 0.25) is 5.91 Å². The minimum absolute atomic E-state index is 0.107. The molecule has 346 valence electrons. The summed E-state index contributed by atoms with van der Waals surface area (Å²) in [5.74, 6) is -0.107. The molecule has 4 heteroatoms. The van der Waals surface area contributed by atoms with Gasteiger partial charge >= 0.3 is 0 Å². The lowest BCUT2D eigenvalue weighted by atomic mass is 10.0. The number of rotatable bonds is 46. The number of hydrogen-bond donors (Lipinski definition) is 3. The van der Waals surface area contributed by atoms with Gasteiger partial charge in [0.1, 0.15) is 0 Å². The van der Waals surface area contributed by atoms with Crippen LogP contribution in [0.5, 0.6) is 0 Å². The lowest BCUT2D eigenvalue weighted by Gasteiger charge is -2.19. The highest BCUT2D eigenvalue weighted by molar-refractivity contribution is 5.76. The van der Waals surface area contributed by atoms with Crippen LogP contribution in [0.25, 0.3) is 0 Å². The molecule has 0 aliphatic heterocycles. The van der Waals surface area contributed by atoms with E-state index in [0.29, 0.717) is 6.42 Å². The highest BCUT2D eigenvalue weighted by Crippen LogP contribution is 2.16. The molecule has 0 fully saturated rings. The van der Waals surface area contributed by atoms with E-state index < -0.39 is 12.1 Å². The maximum atomic E-state index is 12.4. The summed E-state index contributed by atoms with van der Waals surface area (Å²) in [6, 6.07) is -0.663. The Labute approximate surface area is 373 Å². The summed E-state index contributed by atoms with van der Waals surface area (Å²) in [5.41, 5.74) is 0. The summed E-state index contributed by atoms with van der Waals surface area (Å²) in [7, 11) is 0. The summed E-state index contributed by atoms with van der Waals surface area (Å²) in [4.78, 5) is 12.4. The molecule has 0 aromatic carbocycles. The maximum Gasteiger partial charge on any atom is 0.220 e. The van der Waals surface area contributed by atoms with Gasteiger partial charge in [-0.2, -0.15) is 0 Å². The average molecular weight is 834 g/mol. The van der Waals surface area contributed by atoms with E-state index in [0.717, 1.165) is 77.0 Å². The largest absolute Gasteiger partial charge is 0.394 e. The molecule has 0 radical (unpaired) electrons. The van der Waals surface area contributed by atoms with Crippen molar-refractivity contribution in [2.75, 3.05) is 6.61 Å². The third-order valence-electron chi connectivity index (χ3n) is 11.4. The van der Waals surface area contributed by atoms with Crippen LogP contribution in [-0.2, 0) is 4.79 Å².